The fraction of sp³-hybridized carbons (Fsp3) is 0.280. The highest BCUT2D eigenvalue weighted by Crippen LogP contribution is 2.50. The first-order valence-corrected chi connectivity index (χ1v) is 10.9. The van der Waals surface area contributed by atoms with Crippen LogP contribution < -0.4 is 5.73 Å². The average Bonchev–Trinajstić information content (AvgIpc) is 3.22. The summed E-state index contributed by atoms with van der Waals surface area (Å²) in [6.07, 6.45) is 6.41. The number of amides is 1. The van der Waals surface area contributed by atoms with E-state index in [4.69, 9.17) is 15.8 Å². The fourth-order valence-corrected chi connectivity index (χ4v) is 5.37. The second kappa shape index (κ2) is 6.74. The van der Waals surface area contributed by atoms with Crippen molar-refractivity contribution >= 4 is 16.8 Å². The van der Waals surface area contributed by atoms with Crippen LogP contribution in [0.4, 0.5) is 0 Å². The minimum Gasteiger partial charge on any atom is -0.366 e. The van der Waals surface area contributed by atoms with E-state index in [2.05, 4.69) is 15.7 Å². The molecule has 31 heavy (non-hydrogen) atoms. The highest BCUT2D eigenvalue weighted by atomic mass is 16.1. The van der Waals surface area contributed by atoms with Crippen LogP contribution in [0.15, 0.2) is 48.7 Å². The van der Waals surface area contributed by atoms with Crippen LogP contribution in [-0.4, -0.2) is 25.7 Å². The summed E-state index contributed by atoms with van der Waals surface area (Å²) in [5.74, 6) is 0.0625. The van der Waals surface area contributed by atoms with E-state index in [1.165, 1.54) is 31.4 Å². The van der Waals surface area contributed by atoms with Gasteiger partial charge in [0.15, 0.2) is 0 Å². The maximum atomic E-state index is 12.0. The molecule has 3 aliphatic rings. The summed E-state index contributed by atoms with van der Waals surface area (Å²) in [6, 6.07) is 14.3. The summed E-state index contributed by atoms with van der Waals surface area (Å²) in [7, 11) is 0. The summed E-state index contributed by atoms with van der Waals surface area (Å²) in [5.41, 5.74) is 13.2. The summed E-state index contributed by atoms with van der Waals surface area (Å²) in [4.78, 5) is 21.3. The minimum atomic E-state index is -0.443. The van der Waals surface area contributed by atoms with E-state index >= 15 is 0 Å². The Bertz CT molecular complexity index is 1350. The van der Waals surface area contributed by atoms with Gasteiger partial charge in [0.2, 0.25) is 5.91 Å². The van der Waals surface area contributed by atoms with Crippen molar-refractivity contribution in [2.45, 2.75) is 44.6 Å². The van der Waals surface area contributed by atoms with Crippen LogP contribution in [0.25, 0.3) is 33.4 Å². The molecule has 1 amide bonds. The highest BCUT2D eigenvalue weighted by Gasteiger charge is 2.38. The highest BCUT2D eigenvalue weighted by molar-refractivity contribution is 6.06. The Morgan fingerprint density at radius 1 is 1.10 bits per heavy atom. The molecule has 4 aromatic rings. The first-order valence-electron chi connectivity index (χ1n) is 10.9. The van der Waals surface area contributed by atoms with E-state index in [1.54, 1.807) is 12.3 Å². The Morgan fingerprint density at radius 3 is 2.71 bits per heavy atom. The number of nitrogens with zero attached hydrogens (tertiary/aromatic N) is 4. The molecule has 7 rings (SSSR count). The van der Waals surface area contributed by atoms with Crippen LogP contribution in [0.2, 0.25) is 0 Å². The van der Waals surface area contributed by atoms with Gasteiger partial charge in [0.05, 0.1) is 28.5 Å². The molecule has 3 aromatic heterocycles. The smallest absolute Gasteiger partial charge is 0.249 e. The number of aromatic nitrogens is 4. The number of rotatable bonds is 3. The molecule has 6 nitrogen and oxygen atoms in total. The van der Waals surface area contributed by atoms with Crippen molar-refractivity contribution in [2.75, 3.05) is 0 Å². The Labute approximate surface area is 180 Å². The van der Waals surface area contributed by atoms with Crippen LogP contribution >= 0.6 is 0 Å². The molecular formula is C25H23N5O. The van der Waals surface area contributed by atoms with Gasteiger partial charge < -0.3 is 5.73 Å². The lowest BCUT2D eigenvalue weighted by Crippen LogP contribution is -2.28. The van der Waals surface area contributed by atoms with Gasteiger partial charge in [-0.25, -0.2) is 0 Å². The zero-order chi connectivity index (χ0) is 21.1. The van der Waals surface area contributed by atoms with E-state index in [0.29, 0.717) is 17.5 Å². The molecule has 1 aliphatic carbocycles. The third-order valence-corrected chi connectivity index (χ3v) is 6.80. The Morgan fingerprint density at radius 2 is 1.94 bits per heavy atom. The molecule has 154 valence electrons. The van der Waals surface area contributed by atoms with Gasteiger partial charge in [-0.2, -0.15) is 5.10 Å². The number of pyridine rings is 2. The van der Waals surface area contributed by atoms with Crippen molar-refractivity contribution in [3.8, 4) is 22.5 Å². The van der Waals surface area contributed by atoms with E-state index < -0.39 is 5.91 Å². The zero-order valence-electron chi connectivity index (χ0n) is 17.4. The molecule has 0 atom stereocenters. The first-order chi connectivity index (χ1) is 15.1. The van der Waals surface area contributed by atoms with Crippen molar-refractivity contribution in [2.24, 2.45) is 5.73 Å². The lowest BCUT2D eigenvalue weighted by molar-refractivity contribution is 0.100. The Kier molecular flexibility index (Phi) is 3.96. The van der Waals surface area contributed by atoms with Gasteiger partial charge >= 0.3 is 0 Å². The molecule has 0 spiro atoms. The van der Waals surface area contributed by atoms with Crippen molar-refractivity contribution in [1.29, 1.82) is 0 Å². The number of hydrogen-bond acceptors (Lipinski definition) is 4. The summed E-state index contributed by atoms with van der Waals surface area (Å²) in [6.45, 7) is 2.00. The lowest BCUT2D eigenvalue weighted by atomic mass is 9.77. The Balaban J connectivity index is 1.65. The molecule has 1 fully saturated rings. The molecule has 1 saturated carbocycles. The summed E-state index contributed by atoms with van der Waals surface area (Å²) < 4.78 is 2.26. The van der Waals surface area contributed by atoms with Crippen LogP contribution in [0.3, 0.4) is 0 Å². The van der Waals surface area contributed by atoms with E-state index in [9.17, 15) is 4.79 Å². The zero-order valence-corrected chi connectivity index (χ0v) is 17.4. The van der Waals surface area contributed by atoms with Gasteiger partial charge in [0.1, 0.15) is 5.69 Å². The van der Waals surface area contributed by atoms with Crippen LogP contribution in [0.5, 0.6) is 0 Å². The summed E-state index contributed by atoms with van der Waals surface area (Å²) in [5, 5.41) is 5.88. The van der Waals surface area contributed by atoms with E-state index in [0.717, 1.165) is 39.1 Å². The number of benzene rings is 1. The van der Waals surface area contributed by atoms with Crippen LogP contribution in [0, 0.1) is 6.92 Å². The van der Waals surface area contributed by atoms with Crippen molar-refractivity contribution < 1.29 is 4.79 Å². The molecule has 0 radical (unpaired) electrons. The third-order valence-electron chi connectivity index (χ3n) is 6.80. The van der Waals surface area contributed by atoms with Gasteiger partial charge in [0.25, 0.3) is 0 Å². The molecule has 2 aliphatic heterocycles. The van der Waals surface area contributed by atoms with Crippen LogP contribution in [-0.2, 0) is 0 Å². The average molecular weight is 409 g/mol. The fourth-order valence-electron chi connectivity index (χ4n) is 5.37. The second-order valence-electron chi connectivity index (χ2n) is 8.68. The minimum absolute atomic E-state index is 0.443. The number of primary amides is 1. The number of aryl methyl sites for hydroxylation is 1. The van der Waals surface area contributed by atoms with Gasteiger partial charge in [-0.1, -0.05) is 12.1 Å². The maximum absolute atomic E-state index is 12.0. The number of nitrogens with two attached hydrogens (primary N) is 1. The van der Waals surface area contributed by atoms with Gasteiger partial charge in [-0.3, -0.25) is 19.4 Å². The largest absolute Gasteiger partial charge is 0.366 e. The van der Waals surface area contributed by atoms with Gasteiger partial charge in [0, 0.05) is 28.8 Å². The second-order valence-corrected chi connectivity index (χ2v) is 8.68. The van der Waals surface area contributed by atoms with E-state index in [1.807, 2.05) is 37.3 Å². The van der Waals surface area contributed by atoms with Gasteiger partial charge in [-0.15, -0.1) is 0 Å². The predicted octanol–water partition coefficient (Wildman–Crippen LogP) is 4.78. The normalized spacial score (nSPS) is 19.5. The van der Waals surface area contributed by atoms with Gasteiger partial charge in [-0.05, 0) is 68.5 Å². The monoisotopic (exact) mass is 409 g/mol. The standard InChI is InChI=1S/C25H23N5O/c1-14-3-2-4-21(28-14)23-22(24-15-5-8-17(9-6-15)30(24)29-23)16-7-10-20-19(13-16)18(25(26)31)11-12-27-20/h2-4,7,10-13,15,17H,5-6,8-9H2,1H3,(H2,26,31). The topological polar surface area (TPSA) is 86.7 Å². The van der Waals surface area contributed by atoms with Crippen molar-refractivity contribution in [1.82, 2.24) is 19.7 Å². The third kappa shape index (κ3) is 2.78. The van der Waals surface area contributed by atoms with Crippen molar-refractivity contribution in [3.63, 3.8) is 0 Å². The molecule has 6 heteroatoms. The molecular weight excluding hydrogens is 386 g/mol. The van der Waals surface area contributed by atoms with Crippen LogP contribution in [0.1, 0.15) is 59.4 Å². The van der Waals surface area contributed by atoms with E-state index in [-0.39, 0.29) is 0 Å². The Hall–Kier alpha value is -3.54. The quantitative estimate of drug-likeness (QED) is 0.527. The molecule has 5 heterocycles. The predicted molar refractivity (Wildman–Crippen MR) is 120 cm³/mol. The molecule has 1 aromatic carbocycles. The number of hydrogen-bond donors (Lipinski definition) is 1. The summed E-state index contributed by atoms with van der Waals surface area (Å²) >= 11 is 0. The number of fused-ring (bicyclic) bond motifs is 3. The number of carbonyl (C=O) groups excluding carboxylic acids is 1. The molecule has 2 bridgehead atoms. The molecule has 0 saturated heterocycles. The molecule has 2 N–H and O–H groups in total. The lowest BCUT2D eigenvalue weighted by Gasteiger charge is -2.37. The number of carbonyl (C=O) groups is 1. The molecule has 0 unspecified atom stereocenters. The SMILES string of the molecule is Cc1cccc(-c2nn3c(c2-c2ccc4nccc(C(N)=O)c4c2)C2CCC3CC2)n1. The maximum Gasteiger partial charge on any atom is 0.249 e. The first kappa shape index (κ1) is 18.2. The van der Waals surface area contributed by atoms with Crippen molar-refractivity contribution in [3.05, 3.63) is 65.6 Å².